The van der Waals surface area contributed by atoms with E-state index in [1.807, 2.05) is 74.5 Å². The number of benzene rings is 3. The van der Waals surface area contributed by atoms with Gasteiger partial charge in [0.05, 0.1) is 23.3 Å². The molecule has 2 fully saturated rings. The summed E-state index contributed by atoms with van der Waals surface area (Å²) in [4.78, 5) is 33.0. The van der Waals surface area contributed by atoms with Crippen LogP contribution in [-0.4, -0.2) is 52.5 Å². The van der Waals surface area contributed by atoms with Crippen LogP contribution in [0, 0.1) is 5.92 Å². The number of likely N-dealkylation sites (tertiary alicyclic amines) is 1. The number of hydrogen-bond acceptors (Lipinski definition) is 6. The van der Waals surface area contributed by atoms with E-state index >= 15 is 0 Å². The molecule has 208 valence electrons. The molecule has 1 saturated carbocycles. The zero-order valence-corrected chi connectivity index (χ0v) is 23.8. The van der Waals surface area contributed by atoms with Crippen LogP contribution < -0.4 is 15.4 Å². The summed E-state index contributed by atoms with van der Waals surface area (Å²) in [5.74, 6) is 0.199. The summed E-state index contributed by atoms with van der Waals surface area (Å²) in [5, 5.41) is 9.25. The molecule has 1 aromatic heterocycles. The minimum absolute atomic E-state index is 0. The minimum Gasteiger partial charge on any atom is -0.465 e. The van der Waals surface area contributed by atoms with Crippen LogP contribution in [0.25, 0.3) is 21.0 Å². The van der Waals surface area contributed by atoms with Crippen LogP contribution >= 0.6 is 11.3 Å². The highest BCUT2D eigenvalue weighted by atomic mass is 32.1. The van der Waals surface area contributed by atoms with Gasteiger partial charge < -0.3 is 20.3 Å². The first-order valence-corrected chi connectivity index (χ1v) is 14.6. The number of aromatic nitrogens is 1. The molecular formula is C31H40N4O3S. The number of nitrogens with one attached hydrogen (secondary N) is 2. The van der Waals surface area contributed by atoms with Gasteiger partial charge in [0.2, 0.25) is 11.8 Å². The molecule has 6 rings (SSSR count). The Labute approximate surface area is 236 Å². The number of anilines is 1. The van der Waals surface area contributed by atoms with E-state index in [4.69, 9.17) is 4.74 Å². The van der Waals surface area contributed by atoms with E-state index in [9.17, 15) is 9.59 Å². The second-order valence-electron chi connectivity index (χ2n) is 10.4. The molecule has 2 N–H and O–H groups in total. The predicted molar refractivity (Wildman–Crippen MR) is 162 cm³/mol. The molecule has 7 nitrogen and oxygen atoms in total. The van der Waals surface area contributed by atoms with Crippen molar-refractivity contribution in [2.24, 2.45) is 5.92 Å². The van der Waals surface area contributed by atoms with E-state index in [0.717, 1.165) is 33.1 Å². The second-order valence-corrected chi connectivity index (χ2v) is 11.4. The molecule has 4 atom stereocenters. The van der Waals surface area contributed by atoms with Crippen molar-refractivity contribution < 1.29 is 17.2 Å². The Balaban J connectivity index is 0.00000113. The number of nitrogens with zero attached hydrogens (tertiary/aromatic N) is 2. The Hall–Kier alpha value is -3.65. The first-order chi connectivity index (χ1) is 18.9. The summed E-state index contributed by atoms with van der Waals surface area (Å²) in [6, 6.07) is 21.5. The third-order valence-electron chi connectivity index (χ3n) is 7.69. The van der Waals surface area contributed by atoms with Gasteiger partial charge in [-0.15, -0.1) is 0 Å². The third kappa shape index (κ3) is 5.86. The fourth-order valence-corrected chi connectivity index (χ4v) is 6.03. The number of hydrogen-bond donors (Lipinski definition) is 2. The van der Waals surface area contributed by atoms with Crippen LogP contribution in [-0.2, 0) is 9.59 Å². The van der Waals surface area contributed by atoms with Crippen molar-refractivity contribution in [3.05, 3.63) is 66.7 Å². The average molecular weight is 549 g/mol. The van der Waals surface area contributed by atoms with Gasteiger partial charge in [0, 0.05) is 20.5 Å². The van der Waals surface area contributed by atoms with Crippen molar-refractivity contribution >= 4 is 49.8 Å². The van der Waals surface area contributed by atoms with E-state index in [-0.39, 0.29) is 32.9 Å². The molecule has 0 spiro atoms. The van der Waals surface area contributed by atoms with E-state index in [2.05, 4.69) is 35.5 Å². The molecule has 39 heavy (non-hydrogen) atoms. The molecule has 0 bridgehead atoms. The number of rotatable bonds is 7. The Morgan fingerprint density at radius 3 is 2.56 bits per heavy atom. The first-order valence-electron chi connectivity index (χ1n) is 13.7. The number of carbonyl (C=O) groups is 2. The number of carbonyl (C=O) groups excluding carboxylic acids is 2. The maximum absolute atomic E-state index is 13.4. The maximum Gasteiger partial charge on any atom is 0.274 e. The molecule has 1 saturated heterocycles. The van der Waals surface area contributed by atoms with Crippen molar-refractivity contribution in [3.63, 3.8) is 0 Å². The van der Waals surface area contributed by atoms with Crippen LogP contribution in [0.2, 0.25) is 0 Å². The molecule has 2 amide bonds. The van der Waals surface area contributed by atoms with Crippen molar-refractivity contribution in [1.82, 2.24) is 15.2 Å². The highest BCUT2D eigenvalue weighted by molar-refractivity contribution is 7.20. The van der Waals surface area contributed by atoms with Crippen molar-refractivity contribution in [1.29, 1.82) is 0 Å². The van der Waals surface area contributed by atoms with Gasteiger partial charge in [-0.1, -0.05) is 74.6 Å². The van der Waals surface area contributed by atoms with Gasteiger partial charge in [-0.3, -0.25) is 9.59 Å². The average Bonchev–Trinajstić information content (AvgIpc) is 3.28. The number of amides is 2. The SMILES string of the molecule is CC.C[C@@H]1C[C@@]1(C)NC(=O)[C@@H]1C[C@@H](Oc2nc3ccccc3s2)CN1C(=O)CNc1ccc2ccccc2c1.[HH].[HH]. The van der Waals surface area contributed by atoms with Gasteiger partial charge in [0.1, 0.15) is 12.1 Å². The van der Waals surface area contributed by atoms with Crippen LogP contribution in [0.4, 0.5) is 5.69 Å². The van der Waals surface area contributed by atoms with Crippen molar-refractivity contribution in [3.8, 4) is 5.19 Å². The highest BCUT2D eigenvalue weighted by Crippen LogP contribution is 2.42. The van der Waals surface area contributed by atoms with Crippen LogP contribution in [0.15, 0.2) is 66.7 Å². The van der Waals surface area contributed by atoms with Gasteiger partial charge in [-0.05, 0) is 54.3 Å². The Kier molecular flexibility index (Phi) is 7.75. The Bertz CT molecular complexity index is 1470. The molecule has 8 heteroatoms. The lowest BCUT2D eigenvalue weighted by atomic mass is 10.1. The molecule has 0 unspecified atom stereocenters. The monoisotopic (exact) mass is 548 g/mol. The van der Waals surface area contributed by atoms with Gasteiger partial charge in [0.15, 0.2) is 0 Å². The Morgan fingerprint density at radius 1 is 1.10 bits per heavy atom. The maximum atomic E-state index is 13.4. The van der Waals surface area contributed by atoms with Gasteiger partial charge in [-0.25, -0.2) is 4.98 Å². The van der Waals surface area contributed by atoms with Crippen molar-refractivity contribution in [2.75, 3.05) is 18.4 Å². The third-order valence-corrected chi connectivity index (χ3v) is 8.61. The summed E-state index contributed by atoms with van der Waals surface area (Å²) in [6.07, 6.45) is 1.09. The van der Waals surface area contributed by atoms with Gasteiger partial charge in [0.25, 0.3) is 5.19 Å². The lowest BCUT2D eigenvalue weighted by Gasteiger charge is -2.25. The van der Waals surface area contributed by atoms with E-state index in [1.54, 1.807) is 4.90 Å². The van der Waals surface area contributed by atoms with Crippen LogP contribution in [0.5, 0.6) is 5.19 Å². The Morgan fingerprint density at radius 2 is 1.82 bits per heavy atom. The highest BCUT2D eigenvalue weighted by Gasteiger charge is 2.50. The normalized spacial score (nSPS) is 23.7. The summed E-state index contributed by atoms with van der Waals surface area (Å²) in [7, 11) is 0. The molecule has 1 aliphatic carbocycles. The number of thiazole rings is 1. The number of fused-ring (bicyclic) bond motifs is 2. The summed E-state index contributed by atoms with van der Waals surface area (Å²) < 4.78 is 7.26. The van der Waals surface area contributed by atoms with Gasteiger partial charge >= 0.3 is 0 Å². The van der Waals surface area contributed by atoms with E-state index in [1.165, 1.54) is 11.3 Å². The molecule has 0 radical (unpaired) electrons. The number of ether oxygens (including phenoxy) is 1. The quantitative estimate of drug-likeness (QED) is 0.281. The topological polar surface area (TPSA) is 83.6 Å². The largest absolute Gasteiger partial charge is 0.465 e. The standard InChI is InChI=1S/C29H30N4O3S.C2H6.2H2/c1-18-15-29(18,2)32-27(35)24-14-22(36-28-31-23-9-5-6-10-25(23)37-28)17-33(24)26(34)16-30-21-12-11-19-7-3-4-8-20(19)13-21;1-2;;/h3-13,18,22,24,30H,14-17H2,1-2H3,(H,32,35);1-2H3;2*1H/t18-,22-,24+,29-;;;/m1.../s1. The zero-order chi connectivity index (χ0) is 27.6. The molecular weight excluding hydrogens is 508 g/mol. The minimum atomic E-state index is -0.574. The fourth-order valence-electron chi connectivity index (χ4n) is 5.15. The van der Waals surface area contributed by atoms with Crippen molar-refractivity contribution in [2.45, 2.75) is 58.2 Å². The molecule has 3 aromatic carbocycles. The molecule has 1 aliphatic heterocycles. The molecule has 2 aliphatic rings. The fraction of sp³-hybridized carbons (Fsp3) is 0.387. The lowest BCUT2D eigenvalue weighted by molar-refractivity contribution is -0.137. The van der Waals surface area contributed by atoms with Crippen LogP contribution in [0.3, 0.4) is 0 Å². The smallest absolute Gasteiger partial charge is 0.274 e. The lowest BCUT2D eigenvalue weighted by Crippen LogP contribution is -2.50. The van der Waals surface area contributed by atoms with Crippen LogP contribution in [0.1, 0.15) is 43.4 Å². The van der Waals surface area contributed by atoms with E-state index in [0.29, 0.717) is 24.1 Å². The summed E-state index contributed by atoms with van der Waals surface area (Å²) >= 11 is 1.48. The molecule has 4 aromatic rings. The van der Waals surface area contributed by atoms with E-state index < -0.39 is 6.04 Å². The first kappa shape index (κ1) is 26.9. The second kappa shape index (κ2) is 11.2. The zero-order valence-electron chi connectivity index (χ0n) is 22.9. The van der Waals surface area contributed by atoms with Gasteiger partial charge in [-0.2, -0.15) is 0 Å². The summed E-state index contributed by atoms with van der Waals surface area (Å²) in [6.45, 7) is 8.64. The predicted octanol–water partition coefficient (Wildman–Crippen LogP) is 6.34. The molecule has 2 heterocycles. The summed E-state index contributed by atoms with van der Waals surface area (Å²) in [5.41, 5.74) is 1.56. The number of para-hydroxylation sites is 1.